The molecule has 1 aromatic carbocycles. The molecule has 5 heteroatoms. The summed E-state index contributed by atoms with van der Waals surface area (Å²) in [5.74, 6) is 0.570. The lowest BCUT2D eigenvalue weighted by Gasteiger charge is -2.11. The minimum Gasteiger partial charge on any atom is -0.454 e. The Morgan fingerprint density at radius 3 is 2.88 bits per heavy atom. The molecule has 0 bridgehead atoms. The normalized spacial score (nSPS) is 19.9. The molecule has 0 spiro atoms. The zero-order chi connectivity index (χ0) is 11.3. The molecule has 3 nitrogen and oxygen atoms in total. The van der Waals surface area contributed by atoms with Gasteiger partial charge in [0.15, 0.2) is 11.5 Å². The van der Waals surface area contributed by atoms with Gasteiger partial charge in [-0.3, -0.25) is 0 Å². The van der Waals surface area contributed by atoms with Crippen molar-refractivity contribution in [3.63, 3.8) is 0 Å². The predicted octanol–water partition coefficient (Wildman–Crippen LogP) is 2.38. The van der Waals surface area contributed by atoms with E-state index in [0.717, 1.165) is 12.8 Å². The van der Waals surface area contributed by atoms with E-state index in [9.17, 15) is 9.50 Å². The maximum absolute atomic E-state index is 13.9. The van der Waals surface area contributed by atoms with Crippen molar-refractivity contribution in [2.45, 2.75) is 24.9 Å². The van der Waals surface area contributed by atoms with Crippen molar-refractivity contribution >= 4 is 15.9 Å². The van der Waals surface area contributed by atoms with Gasteiger partial charge in [-0.15, -0.1) is 0 Å². The first-order chi connectivity index (χ1) is 7.59. The Kier molecular flexibility index (Phi) is 2.16. The van der Waals surface area contributed by atoms with E-state index < -0.39 is 5.60 Å². The van der Waals surface area contributed by atoms with Crippen LogP contribution in [0.5, 0.6) is 11.5 Å². The van der Waals surface area contributed by atoms with E-state index in [1.807, 2.05) is 0 Å². The molecule has 1 aliphatic carbocycles. The fourth-order valence-electron chi connectivity index (χ4n) is 1.83. The van der Waals surface area contributed by atoms with Gasteiger partial charge in [0.25, 0.3) is 0 Å². The molecule has 0 radical (unpaired) electrons. The number of fused-ring (bicyclic) bond motifs is 1. The van der Waals surface area contributed by atoms with E-state index in [1.165, 1.54) is 0 Å². The van der Waals surface area contributed by atoms with Crippen LogP contribution in [-0.4, -0.2) is 17.5 Å². The monoisotopic (exact) mass is 288 g/mol. The number of hydrogen-bond donors (Lipinski definition) is 1. The first kappa shape index (κ1) is 10.4. The van der Waals surface area contributed by atoms with E-state index in [1.54, 1.807) is 6.07 Å². The van der Waals surface area contributed by atoms with Crippen LogP contribution in [0.15, 0.2) is 10.5 Å². The van der Waals surface area contributed by atoms with E-state index in [0.29, 0.717) is 23.5 Å². The minimum absolute atomic E-state index is 0.112. The topological polar surface area (TPSA) is 38.7 Å². The molecule has 0 unspecified atom stereocenters. The zero-order valence-corrected chi connectivity index (χ0v) is 10.0. The van der Waals surface area contributed by atoms with Crippen molar-refractivity contribution in [3.05, 3.63) is 21.9 Å². The van der Waals surface area contributed by atoms with Crippen molar-refractivity contribution in [1.82, 2.24) is 0 Å². The second-order valence-corrected chi connectivity index (χ2v) is 5.09. The van der Waals surface area contributed by atoms with Crippen LogP contribution in [-0.2, 0) is 6.42 Å². The summed E-state index contributed by atoms with van der Waals surface area (Å²) in [6, 6.07) is 1.61. The Labute approximate surface area is 100 Å². The highest BCUT2D eigenvalue weighted by atomic mass is 79.9. The molecule has 1 fully saturated rings. The molecular weight excluding hydrogens is 279 g/mol. The van der Waals surface area contributed by atoms with Crippen LogP contribution in [0.1, 0.15) is 18.4 Å². The van der Waals surface area contributed by atoms with Crippen molar-refractivity contribution in [3.8, 4) is 11.5 Å². The Morgan fingerprint density at radius 2 is 2.19 bits per heavy atom. The van der Waals surface area contributed by atoms with Gasteiger partial charge < -0.3 is 14.6 Å². The maximum atomic E-state index is 13.9. The van der Waals surface area contributed by atoms with Gasteiger partial charge in [0, 0.05) is 6.42 Å². The molecule has 86 valence electrons. The second-order valence-electron chi connectivity index (χ2n) is 4.30. The third-order valence-corrected chi connectivity index (χ3v) is 3.68. The molecule has 0 atom stereocenters. The summed E-state index contributed by atoms with van der Waals surface area (Å²) < 4.78 is 24.5. The maximum Gasteiger partial charge on any atom is 0.231 e. The summed E-state index contributed by atoms with van der Waals surface area (Å²) in [5, 5.41) is 9.79. The van der Waals surface area contributed by atoms with Crippen molar-refractivity contribution < 1.29 is 19.0 Å². The smallest absolute Gasteiger partial charge is 0.231 e. The van der Waals surface area contributed by atoms with E-state index in [-0.39, 0.29) is 17.1 Å². The molecule has 16 heavy (non-hydrogen) atoms. The van der Waals surface area contributed by atoms with Gasteiger partial charge in [0.05, 0.1) is 10.1 Å². The van der Waals surface area contributed by atoms with Crippen LogP contribution in [0.2, 0.25) is 0 Å². The summed E-state index contributed by atoms with van der Waals surface area (Å²) in [6.45, 7) is 0.112. The molecule has 2 aliphatic rings. The zero-order valence-electron chi connectivity index (χ0n) is 8.43. The van der Waals surface area contributed by atoms with Crippen LogP contribution in [0.4, 0.5) is 4.39 Å². The van der Waals surface area contributed by atoms with Crippen molar-refractivity contribution in [1.29, 1.82) is 0 Å². The molecule has 1 heterocycles. The van der Waals surface area contributed by atoms with Crippen LogP contribution in [0.25, 0.3) is 0 Å². The van der Waals surface area contributed by atoms with Gasteiger partial charge >= 0.3 is 0 Å². The van der Waals surface area contributed by atoms with Gasteiger partial charge in [-0.2, -0.15) is 0 Å². The molecular formula is C11H10BrFO3. The highest BCUT2D eigenvalue weighted by molar-refractivity contribution is 9.10. The quantitative estimate of drug-likeness (QED) is 0.908. The fraction of sp³-hybridized carbons (Fsp3) is 0.455. The van der Waals surface area contributed by atoms with Crippen molar-refractivity contribution in [2.75, 3.05) is 6.79 Å². The van der Waals surface area contributed by atoms with Crippen LogP contribution in [0, 0.1) is 5.82 Å². The third-order valence-electron chi connectivity index (χ3n) is 2.97. The highest BCUT2D eigenvalue weighted by Gasteiger charge is 2.41. The number of rotatable bonds is 2. The molecule has 3 rings (SSSR count). The Bertz CT molecular complexity index is 457. The lowest BCUT2D eigenvalue weighted by Crippen LogP contribution is -2.12. The standard InChI is InChI=1S/C11H10BrFO3/c12-8-9(13)6(4-11(14)1-2-11)3-7-10(8)16-5-15-7/h3,14H,1-2,4-5H2. The van der Waals surface area contributed by atoms with Gasteiger partial charge in [0.1, 0.15) is 5.82 Å². The lowest BCUT2D eigenvalue weighted by atomic mass is 10.1. The average molecular weight is 289 g/mol. The average Bonchev–Trinajstić information content (AvgIpc) is 2.79. The molecule has 1 saturated carbocycles. The van der Waals surface area contributed by atoms with E-state index in [4.69, 9.17) is 9.47 Å². The van der Waals surface area contributed by atoms with Crippen LogP contribution >= 0.6 is 15.9 Å². The first-order valence-electron chi connectivity index (χ1n) is 5.08. The second kappa shape index (κ2) is 3.34. The summed E-state index contributed by atoms with van der Waals surface area (Å²) >= 11 is 3.15. The number of ether oxygens (including phenoxy) is 2. The molecule has 1 N–H and O–H groups in total. The van der Waals surface area contributed by atoms with Gasteiger partial charge in [-0.05, 0) is 40.4 Å². The summed E-state index contributed by atoms with van der Waals surface area (Å²) in [5.41, 5.74) is -0.246. The van der Waals surface area contributed by atoms with Gasteiger partial charge in [0.2, 0.25) is 6.79 Å². The molecule has 0 saturated heterocycles. The lowest BCUT2D eigenvalue weighted by molar-refractivity contribution is 0.149. The number of halogens is 2. The summed E-state index contributed by atoms with van der Waals surface area (Å²) in [6.07, 6.45) is 1.80. The third kappa shape index (κ3) is 1.58. The van der Waals surface area contributed by atoms with E-state index >= 15 is 0 Å². The summed E-state index contributed by atoms with van der Waals surface area (Å²) in [4.78, 5) is 0. The van der Waals surface area contributed by atoms with Crippen LogP contribution in [0.3, 0.4) is 0 Å². The molecule has 0 aromatic heterocycles. The largest absolute Gasteiger partial charge is 0.454 e. The molecule has 1 aliphatic heterocycles. The van der Waals surface area contributed by atoms with E-state index in [2.05, 4.69) is 15.9 Å². The fourth-order valence-corrected chi connectivity index (χ4v) is 2.40. The Hall–Kier alpha value is -0.810. The highest BCUT2D eigenvalue weighted by Crippen LogP contribution is 2.45. The number of aliphatic hydroxyl groups is 1. The van der Waals surface area contributed by atoms with Gasteiger partial charge in [-0.25, -0.2) is 4.39 Å². The Balaban J connectivity index is 2.02. The minimum atomic E-state index is -0.714. The number of benzene rings is 1. The summed E-state index contributed by atoms with van der Waals surface area (Å²) in [7, 11) is 0. The van der Waals surface area contributed by atoms with Crippen molar-refractivity contribution in [2.24, 2.45) is 0 Å². The number of hydrogen-bond acceptors (Lipinski definition) is 3. The first-order valence-corrected chi connectivity index (χ1v) is 5.87. The van der Waals surface area contributed by atoms with Gasteiger partial charge in [-0.1, -0.05) is 0 Å². The predicted molar refractivity (Wildman–Crippen MR) is 58.1 cm³/mol. The molecule has 1 aromatic rings. The molecule has 0 amide bonds. The van der Waals surface area contributed by atoms with Crippen LogP contribution < -0.4 is 9.47 Å². The Morgan fingerprint density at radius 1 is 1.44 bits per heavy atom. The SMILES string of the molecule is OC1(Cc2cc3c(c(Br)c2F)OCO3)CC1.